The number of benzene rings is 1. The van der Waals surface area contributed by atoms with E-state index in [0.717, 1.165) is 6.04 Å². The summed E-state index contributed by atoms with van der Waals surface area (Å²) in [6.07, 6.45) is 3.84. The molecule has 1 aliphatic carbocycles. The number of aryl methyl sites for hydroxylation is 2. The molecule has 1 fully saturated rings. The zero-order chi connectivity index (χ0) is 12.5. The summed E-state index contributed by atoms with van der Waals surface area (Å²) < 4.78 is 0. The summed E-state index contributed by atoms with van der Waals surface area (Å²) >= 11 is 0. The molecule has 1 unspecified atom stereocenters. The first-order chi connectivity index (χ1) is 8.79. The monoisotopic (exact) mass is 244 g/mol. The Labute approximate surface area is 110 Å². The highest BCUT2D eigenvalue weighted by Crippen LogP contribution is 2.37. The normalized spacial score (nSPS) is 23.2. The molecule has 0 amide bonds. The van der Waals surface area contributed by atoms with Gasteiger partial charge in [-0.3, -0.25) is 4.90 Å². The first-order valence-electron chi connectivity index (χ1n) is 7.35. The Kier molecular flexibility index (Phi) is 3.40. The van der Waals surface area contributed by atoms with Gasteiger partial charge >= 0.3 is 0 Å². The minimum Gasteiger partial charge on any atom is -0.314 e. The van der Waals surface area contributed by atoms with Crippen molar-refractivity contribution in [3.8, 4) is 0 Å². The molecule has 2 heteroatoms. The lowest BCUT2D eigenvalue weighted by Crippen LogP contribution is -2.57. The number of nitrogens with one attached hydrogen (secondary N) is 1. The maximum Gasteiger partial charge on any atom is 0.0358 e. The maximum atomic E-state index is 3.42. The van der Waals surface area contributed by atoms with Gasteiger partial charge in [-0.2, -0.15) is 0 Å². The van der Waals surface area contributed by atoms with Crippen LogP contribution < -0.4 is 5.32 Å². The second kappa shape index (κ2) is 5.02. The Morgan fingerprint density at radius 2 is 2.17 bits per heavy atom. The lowest BCUT2D eigenvalue weighted by Gasteiger charge is -2.42. The zero-order valence-electron chi connectivity index (χ0n) is 11.6. The molecule has 1 saturated heterocycles. The third-order valence-electron chi connectivity index (χ3n) is 4.46. The standard InChI is InChI=1S/C16H24N2/c1-3-8-18(14-10-17-11-14)16-7-6-13-5-4-12(2)9-15(13)16/h4-5,9,14,16-17H,3,6-8,10-11H2,1-2H3. The van der Waals surface area contributed by atoms with Crippen molar-refractivity contribution in [2.24, 2.45) is 0 Å². The highest BCUT2D eigenvalue weighted by Gasteiger charge is 2.34. The van der Waals surface area contributed by atoms with Crippen molar-refractivity contribution >= 4 is 0 Å². The van der Waals surface area contributed by atoms with Crippen molar-refractivity contribution in [2.75, 3.05) is 19.6 Å². The maximum absolute atomic E-state index is 3.42. The van der Waals surface area contributed by atoms with Crippen molar-refractivity contribution in [2.45, 2.75) is 45.2 Å². The summed E-state index contributed by atoms with van der Waals surface area (Å²) in [5.41, 5.74) is 4.60. The minimum atomic E-state index is 0.673. The van der Waals surface area contributed by atoms with E-state index in [0.29, 0.717) is 6.04 Å². The van der Waals surface area contributed by atoms with E-state index in [1.54, 1.807) is 11.1 Å². The SMILES string of the molecule is CCCN(C1CNC1)C1CCc2ccc(C)cc21. The third kappa shape index (κ3) is 2.08. The van der Waals surface area contributed by atoms with E-state index in [9.17, 15) is 0 Å². The predicted molar refractivity (Wildman–Crippen MR) is 75.9 cm³/mol. The molecular weight excluding hydrogens is 220 g/mol. The summed E-state index contributed by atoms with van der Waals surface area (Å²) in [4.78, 5) is 2.75. The molecular formula is C16H24N2. The van der Waals surface area contributed by atoms with Gasteiger partial charge in [0.1, 0.15) is 0 Å². The van der Waals surface area contributed by atoms with E-state index >= 15 is 0 Å². The molecule has 2 nitrogen and oxygen atoms in total. The van der Waals surface area contributed by atoms with Crippen LogP contribution in [0.5, 0.6) is 0 Å². The van der Waals surface area contributed by atoms with Crippen molar-refractivity contribution < 1.29 is 0 Å². The van der Waals surface area contributed by atoms with Gasteiger partial charge in [0.2, 0.25) is 0 Å². The van der Waals surface area contributed by atoms with Gasteiger partial charge in [-0.05, 0) is 43.9 Å². The highest BCUT2D eigenvalue weighted by atomic mass is 15.3. The smallest absolute Gasteiger partial charge is 0.0358 e. The Morgan fingerprint density at radius 3 is 2.83 bits per heavy atom. The fourth-order valence-corrected chi connectivity index (χ4v) is 3.40. The summed E-state index contributed by atoms with van der Waals surface area (Å²) in [6, 6.07) is 8.46. The summed E-state index contributed by atoms with van der Waals surface area (Å²) in [5.74, 6) is 0. The lowest BCUT2D eigenvalue weighted by atomic mass is 10.0. The first-order valence-corrected chi connectivity index (χ1v) is 7.35. The molecule has 1 N–H and O–H groups in total. The minimum absolute atomic E-state index is 0.673. The fraction of sp³-hybridized carbons (Fsp3) is 0.625. The predicted octanol–water partition coefficient (Wildman–Crippen LogP) is 2.67. The van der Waals surface area contributed by atoms with Gasteiger partial charge < -0.3 is 5.32 Å². The van der Waals surface area contributed by atoms with E-state index in [2.05, 4.69) is 42.3 Å². The largest absolute Gasteiger partial charge is 0.314 e. The molecule has 1 aromatic carbocycles. The lowest BCUT2D eigenvalue weighted by molar-refractivity contribution is 0.0944. The van der Waals surface area contributed by atoms with E-state index in [1.165, 1.54) is 44.5 Å². The zero-order valence-corrected chi connectivity index (χ0v) is 11.6. The Hall–Kier alpha value is -0.860. The van der Waals surface area contributed by atoms with Crippen molar-refractivity contribution in [1.29, 1.82) is 0 Å². The number of hydrogen-bond donors (Lipinski definition) is 1. The van der Waals surface area contributed by atoms with Crippen LogP contribution in [-0.2, 0) is 6.42 Å². The molecule has 1 atom stereocenters. The van der Waals surface area contributed by atoms with E-state index in [4.69, 9.17) is 0 Å². The van der Waals surface area contributed by atoms with Crippen LogP contribution in [0, 0.1) is 6.92 Å². The number of rotatable bonds is 4. The van der Waals surface area contributed by atoms with E-state index in [-0.39, 0.29) is 0 Å². The molecule has 18 heavy (non-hydrogen) atoms. The molecule has 0 aromatic heterocycles. The Bertz CT molecular complexity index is 423. The second-order valence-electron chi connectivity index (χ2n) is 5.81. The molecule has 0 saturated carbocycles. The fourth-order valence-electron chi connectivity index (χ4n) is 3.40. The van der Waals surface area contributed by atoms with Gasteiger partial charge in [0.25, 0.3) is 0 Å². The van der Waals surface area contributed by atoms with E-state index < -0.39 is 0 Å². The molecule has 98 valence electrons. The van der Waals surface area contributed by atoms with Gasteiger partial charge in [0.15, 0.2) is 0 Å². The average molecular weight is 244 g/mol. The van der Waals surface area contributed by atoms with Crippen LogP contribution in [0.3, 0.4) is 0 Å². The van der Waals surface area contributed by atoms with Crippen LogP contribution in [0.15, 0.2) is 18.2 Å². The van der Waals surface area contributed by atoms with Gasteiger partial charge in [-0.15, -0.1) is 0 Å². The highest BCUT2D eigenvalue weighted by molar-refractivity contribution is 5.37. The van der Waals surface area contributed by atoms with Gasteiger partial charge in [0, 0.05) is 25.2 Å². The van der Waals surface area contributed by atoms with Gasteiger partial charge in [-0.25, -0.2) is 0 Å². The summed E-state index contributed by atoms with van der Waals surface area (Å²) in [5, 5.41) is 3.42. The second-order valence-corrected chi connectivity index (χ2v) is 5.81. The molecule has 0 bridgehead atoms. The molecule has 1 aliphatic heterocycles. The van der Waals surface area contributed by atoms with Crippen molar-refractivity contribution in [3.05, 3.63) is 34.9 Å². The van der Waals surface area contributed by atoms with Gasteiger partial charge in [-0.1, -0.05) is 30.7 Å². The van der Waals surface area contributed by atoms with Crippen molar-refractivity contribution in [1.82, 2.24) is 10.2 Å². The van der Waals surface area contributed by atoms with Crippen molar-refractivity contribution in [3.63, 3.8) is 0 Å². The number of hydrogen-bond acceptors (Lipinski definition) is 2. The first kappa shape index (κ1) is 12.2. The topological polar surface area (TPSA) is 15.3 Å². The van der Waals surface area contributed by atoms with Crippen LogP contribution in [-0.4, -0.2) is 30.6 Å². The van der Waals surface area contributed by atoms with E-state index in [1.807, 2.05) is 0 Å². The molecule has 1 aromatic rings. The van der Waals surface area contributed by atoms with Crippen LogP contribution in [0.2, 0.25) is 0 Å². The van der Waals surface area contributed by atoms with Crippen LogP contribution >= 0.6 is 0 Å². The molecule has 0 spiro atoms. The Morgan fingerprint density at radius 1 is 1.33 bits per heavy atom. The Balaban J connectivity index is 1.86. The summed E-state index contributed by atoms with van der Waals surface area (Å²) in [6.45, 7) is 8.11. The van der Waals surface area contributed by atoms with Gasteiger partial charge in [0.05, 0.1) is 0 Å². The molecule has 3 rings (SSSR count). The third-order valence-corrected chi connectivity index (χ3v) is 4.46. The molecule has 1 heterocycles. The van der Waals surface area contributed by atoms with Crippen LogP contribution in [0.4, 0.5) is 0 Å². The average Bonchev–Trinajstić information content (AvgIpc) is 2.68. The van der Waals surface area contributed by atoms with Crippen LogP contribution in [0.25, 0.3) is 0 Å². The number of nitrogens with zero attached hydrogens (tertiary/aromatic N) is 1. The summed E-state index contributed by atoms with van der Waals surface area (Å²) in [7, 11) is 0. The van der Waals surface area contributed by atoms with Crippen LogP contribution in [0.1, 0.15) is 42.5 Å². The quantitative estimate of drug-likeness (QED) is 0.876. The molecule has 0 radical (unpaired) electrons. The molecule has 2 aliphatic rings. The number of fused-ring (bicyclic) bond motifs is 1.